The summed E-state index contributed by atoms with van der Waals surface area (Å²) in [5, 5.41) is 5.93. The maximum absolute atomic E-state index is 12.5. The summed E-state index contributed by atoms with van der Waals surface area (Å²) in [6.45, 7) is 8.01. The number of benzene rings is 1. The standard InChI is InChI=1S/C21H32N4O2/c1-2-22-21(27)25-13-6-9-19(16-25)17-7-5-8-18(15-17)20(26)23-10-14-24-11-3-4-12-24/h5,7-8,15,19H,2-4,6,9-14,16H2,1H3,(H,22,27)(H,23,26)/t19-/m0/s1. The monoisotopic (exact) mass is 372 g/mol. The van der Waals surface area contributed by atoms with Gasteiger partial charge in [0.25, 0.3) is 5.91 Å². The van der Waals surface area contributed by atoms with Crippen molar-refractivity contribution < 1.29 is 9.59 Å². The van der Waals surface area contributed by atoms with E-state index in [2.05, 4.69) is 21.6 Å². The Kier molecular flexibility index (Phi) is 7.10. The Labute approximate surface area is 162 Å². The van der Waals surface area contributed by atoms with E-state index in [-0.39, 0.29) is 11.9 Å². The van der Waals surface area contributed by atoms with Gasteiger partial charge in [0.15, 0.2) is 0 Å². The smallest absolute Gasteiger partial charge is 0.317 e. The van der Waals surface area contributed by atoms with Crippen LogP contribution >= 0.6 is 0 Å². The van der Waals surface area contributed by atoms with Crippen LogP contribution in [0.4, 0.5) is 4.79 Å². The predicted octanol–water partition coefficient (Wildman–Crippen LogP) is 2.42. The fraction of sp³-hybridized carbons (Fsp3) is 0.619. The lowest BCUT2D eigenvalue weighted by Crippen LogP contribution is -2.44. The average Bonchev–Trinajstić information content (AvgIpc) is 3.22. The molecule has 1 aromatic rings. The first-order valence-electron chi connectivity index (χ1n) is 10.3. The Morgan fingerprint density at radius 3 is 2.70 bits per heavy atom. The third-order valence-corrected chi connectivity index (χ3v) is 5.57. The van der Waals surface area contributed by atoms with Gasteiger partial charge in [0.1, 0.15) is 0 Å². The first kappa shape index (κ1) is 19.7. The number of urea groups is 1. The number of piperidine rings is 1. The first-order chi connectivity index (χ1) is 13.2. The molecule has 1 atom stereocenters. The number of carbonyl (C=O) groups is 2. The lowest BCUT2D eigenvalue weighted by atomic mass is 9.89. The van der Waals surface area contributed by atoms with Gasteiger partial charge in [0.05, 0.1) is 0 Å². The average molecular weight is 373 g/mol. The highest BCUT2D eigenvalue weighted by Gasteiger charge is 2.25. The number of hydrogen-bond donors (Lipinski definition) is 2. The summed E-state index contributed by atoms with van der Waals surface area (Å²) >= 11 is 0. The molecule has 3 rings (SSSR count). The summed E-state index contributed by atoms with van der Waals surface area (Å²) in [5.41, 5.74) is 1.86. The van der Waals surface area contributed by atoms with Crippen LogP contribution in [0, 0.1) is 0 Å². The first-order valence-corrected chi connectivity index (χ1v) is 10.3. The number of hydrogen-bond acceptors (Lipinski definition) is 3. The largest absolute Gasteiger partial charge is 0.351 e. The number of nitrogens with zero attached hydrogens (tertiary/aromatic N) is 2. The molecule has 27 heavy (non-hydrogen) atoms. The summed E-state index contributed by atoms with van der Waals surface area (Å²) in [6.07, 6.45) is 4.58. The fourth-order valence-corrected chi connectivity index (χ4v) is 4.07. The molecule has 2 heterocycles. The van der Waals surface area contributed by atoms with Crippen LogP contribution in [0.15, 0.2) is 24.3 Å². The van der Waals surface area contributed by atoms with Gasteiger partial charge < -0.3 is 20.4 Å². The molecule has 2 N–H and O–H groups in total. The Hall–Kier alpha value is -2.08. The van der Waals surface area contributed by atoms with Crippen molar-refractivity contribution in [2.75, 3.05) is 45.8 Å². The summed E-state index contributed by atoms with van der Waals surface area (Å²) in [5.74, 6) is 0.283. The highest BCUT2D eigenvalue weighted by molar-refractivity contribution is 5.94. The topological polar surface area (TPSA) is 64.7 Å². The van der Waals surface area contributed by atoms with E-state index in [9.17, 15) is 9.59 Å². The molecule has 3 amide bonds. The third-order valence-electron chi connectivity index (χ3n) is 5.57. The number of amides is 3. The Morgan fingerprint density at radius 2 is 1.93 bits per heavy atom. The van der Waals surface area contributed by atoms with Gasteiger partial charge in [-0.05, 0) is 63.4 Å². The van der Waals surface area contributed by atoms with Crippen LogP contribution in [0.3, 0.4) is 0 Å². The predicted molar refractivity (Wildman–Crippen MR) is 107 cm³/mol. The molecule has 2 aliphatic heterocycles. The van der Waals surface area contributed by atoms with Gasteiger partial charge in [-0.3, -0.25) is 4.79 Å². The molecule has 1 aromatic carbocycles. The normalized spacial score (nSPS) is 20.5. The van der Waals surface area contributed by atoms with E-state index in [4.69, 9.17) is 0 Å². The van der Waals surface area contributed by atoms with Gasteiger partial charge in [0, 0.05) is 44.2 Å². The SMILES string of the molecule is CCNC(=O)N1CCC[C@H](c2cccc(C(=O)NCCN3CCCC3)c2)C1. The minimum atomic E-state index is -0.00700. The molecular formula is C21H32N4O2. The summed E-state index contributed by atoms with van der Waals surface area (Å²) < 4.78 is 0. The molecule has 0 aliphatic carbocycles. The molecule has 148 valence electrons. The number of nitrogens with one attached hydrogen (secondary N) is 2. The van der Waals surface area contributed by atoms with Crippen molar-refractivity contribution in [2.45, 2.75) is 38.5 Å². The zero-order valence-corrected chi connectivity index (χ0v) is 16.4. The molecule has 2 fully saturated rings. The second kappa shape index (κ2) is 9.74. The van der Waals surface area contributed by atoms with E-state index < -0.39 is 0 Å². The van der Waals surface area contributed by atoms with Crippen molar-refractivity contribution in [1.82, 2.24) is 20.4 Å². The third kappa shape index (κ3) is 5.45. The molecule has 0 unspecified atom stereocenters. The van der Waals surface area contributed by atoms with Crippen molar-refractivity contribution in [3.63, 3.8) is 0 Å². The van der Waals surface area contributed by atoms with Crippen LogP contribution in [-0.4, -0.2) is 67.6 Å². The second-order valence-electron chi connectivity index (χ2n) is 7.55. The van der Waals surface area contributed by atoms with Crippen LogP contribution in [0.25, 0.3) is 0 Å². The summed E-state index contributed by atoms with van der Waals surface area (Å²) in [7, 11) is 0. The number of carbonyl (C=O) groups excluding carboxylic acids is 2. The van der Waals surface area contributed by atoms with E-state index >= 15 is 0 Å². The quantitative estimate of drug-likeness (QED) is 0.806. The van der Waals surface area contributed by atoms with Gasteiger partial charge in [0.2, 0.25) is 0 Å². The lowest BCUT2D eigenvalue weighted by molar-refractivity contribution is 0.0949. The zero-order valence-electron chi connectivity index (χ0n) is 16.4. The minimum Gasteiger partial charge on any atom is -0.351 e. The highest BCUT2D eigenvalue weighted by Crippen LogP contribution is 2.27. The Balaban J connectivity index is 1.55. The van der Waals surface area contributed by atoms with Crippen LogP contribution in [0.1, 0.15) is 54.4 Å². The number of likely N-dealkylation sites (tertiary alicyclic amines) is 2. The van der Waals surface area contributed by atoms with E-state index in [0.29, 0.717) is 31.1 Å². The summed E-state index contributed by atoms with van der Waals surface area (Å²) in [4.78, 5) is 28.9. The molecule has 0 saturated carbocycles. The van der Waals surface area contributed by atoms with E-state index in [1.165, 1.54) is 12.8 Å². The number of rotatable bonds is 6. The lowest BCUT2D eigenvalue weighted by Gasteiger charge is -2.33. The second-order valence-corrected chi connectivity index (χ2v) is 7.55. The molecule has 2 saturated heterocycles. The fourth-order valence-electron chi connectivity index (χ4n) is 4.07. The molecule has 6 heteroatoms. The van der Waals surface area contributed by atoms with Crippen LogP contribution in [0.2, 0.25) is 0 Å². The zero-order chi connectivity index (χ0) is 19.1. The van der Waals surface area contributed by atoms with Crippen LogP contribution in [-0.2, 0) is 0 Å². The van der Waals surface area contributed by atoms with Gasteiger partial charge in [-0.1, -0.05) is 12.1 Å². The van der Waals surface area contributed by atoms with E-state index in [0.717, 1.165) is 44.6 Å². The molecule has 0 aromatic heterocycles. The molecular weight excluding hydrogens is 340 g/mol. The Bertz CT molecular complexity index is 643. The molecule has 0 spiro atoms. The molecule has 2 aliphatic rings. The van der Waals surface area contributed by atoms with Gasteiger partial charge in [-0.2, -0.15) is 0 Å². The van der Waals surface area contributed by atoms with Gasteiger partial charge in [-0.15, -0.1) is 0 Å². The molecule has 0 radical (unpaired) electrons. The van der Waals surface area contributed by atoms with E-state index in [1.54, 1.807) is 0 Å². The van der Waals surface area contributed by atoms with E-state index in [1.807, 2.05) is 30.0 Å². The van der Waals surface area contributed by atoms with Crippen molar-refractivity contribution in [3.8, 4) is 0 Å². The maximum atomic E-state index is 12.5. The van der Waals surface area contributed by atoms with Gasteiger partial charge >= 0.3 is 6.03 Å². The van der Waals surface area contributed by atoms with Crippen molar-refractivity contribution >= 4 is 11.9 Å². The van der Waals surface area contributed by atoms with Crippen molar-refractivity contribution in [2.24, 2.45) is 0 Å². The Morgan fingerprint density at radius 1 is 1.11 bits per heavy atom. The van der Waals surface area contributed by atoms with Crippen molar-refractivity contribution in [1.29, 1.82) is 0 Å². The van der Waals surface area contributed by atoms with Gasteiger partial charge in [-0.25, -0.2) is 4.79 Å². The van der Waals surface area contributed by atoms with Crippen LogP contribution < -0.4 is 10.6 Å². The molecule has 0 bridgehead atoms. The van der Waals surface area contributed by atoms with Crippen molar-refractivity contribution in [3.05, 3.63) is 35.4 Å². The minimum absolute atomic E-state index is 0.00700. The summed E-state index contributed by atoms with van der Waals surface area (Å²) in [6, 6.07) is 7.91. The molecule has 6 nitrogen and oxygen atoms in total. The van der Waals surface area contributed by atoms with Crippen LogP contribution in [0.5, 0.6) is 0 Å². The highest BCUT2D eigenvalue weighted by atomic mass is 16.2. The maximum Gasteiger partial charge on any atom is 0.317 e.